The number of rotatable bonds is 6. The third kappa shape index (κ3) is 3.65. The fraction of sp³-hybridized carbons (Fsp3) is 0.211. The second-order valence-corrected chi connectivity index (χ2v) is 7.74. The van der Waals surface area contributed by atoms with Gasteiger partial charge in [0.15, 0.2) is 9.84 Å². The summed E-state index contributed by atoms with van der Waals surface area (Å²) in [5.74, 6) is -0.485. The summed E-state index contributed by atoms with van der Waals surface area (Å²) in [5.41, 5.74) is 2.60. The van der Waals surface area contributed by atoms with Crippen molar-refractivity contribution in [3.63, 3.8) is 0 Å². The Labute approximate surface area is 146 Å². The number of carbonyl (C=O) groups is 1. The zero-order valence-electron chi connectivity index (χ0n) is 13.8. The highest BCUT2D eigenvalue weighted by molar-refractivity contribution is 7.91. The molecular weight excluding hydrogens is 340 g/mol. The van der Waals surface area contributed by atoms with Crippen molar-refractivity contribution in [2.24, 2.45) is 0 Å². The molecule has 0 bridgehead atoms. The third-order valence-electron chi connectivity index (χ3n) is 4.01. The molecule has 3 rings (SSSR count). The molecule has 0 aliphatic carbocycles. The average Bonchev–Trinajstić information content (AvgIpc) is 3.02. The number of carbonyl (C=O) groups excluding carboxylic acids is 1. The lowest BCUT2D eigenvalue weighted by molar-refractivity contribution is -0.133. The van der Waals surface area contributed by atoms with Gasteiger partial charge in [-0.1, -0.05) is 42.5 Å². The van der Waals surface area contributed by atoms with E-state index in [1.54, 1.807) is 24.3 Å². The lowest BCUT2D eigenvalue weighted by Crippen LogP contribution is -2.11. The number of ether oxygens (including phenoxy) is 2. The van der Waals surface area contributed by atoms with Gasteiger partial charge in [0, 0.05) is 12.7 Å². The van der Waals surface area contributed by atoms with Gasteiger partial charge in [0.05, 0.1) is 22.8 Å². The molecule has 0 radical (unpaired) electrons. The molecule has 0 atom stereocenters. The Morgan fingerprint density at radius 1 is 1.04 bits per heavy atom. The smallest absolute Gasteiger partial charge is 0.339 e. The van der Waals surface area contributed by atoms with E-state index in [0.717, 1.165) is 5.56 Å². The average molecular weight is 358 g/mol. The van der Waals surface area contributed by atoms with Crippen molar-refractivity contribution in [1.82, 2.24) is 0 Å². The minimum atomic E-state index is -3.44. The minimum Gasteiger partial charge on any atom is -0.457 e. The summed E-state index contributed by atoms with van der Waals surface area (Å²) < 4.78 is 34.8. The highest BCUT2D eigenvalue weighted by Crippen LogP contribution is 2.33. The Kier molecular flexibility index (Phi) is 5.01. The van der Waals surface area contributed by atoms with Crippen molar-refractivity contribution >= 4 is 27.0 Å². The standard InChI is InChI=1S/C19H18O5S/c1-23-10-11-25(21,22)16-9-5-8-15(12-16)17-13-24-19(20)18(17)14-6-3-2-4-7-14/h2-9,12H,10-11,13H2,1H3. The molecular formula is C19H18O5S. The number of methoxy groups -OCH3 is 1. The van der Waals surface area contributed by atoms with Crippen LogP contribution in [0.25, 0.3) is 11.1 Å². The topological polar surface area (TPSA) is 69.7 Å². The van der Waals surface area contributed by atoms with E-state index in [2.05, 4.69) is 0 Å². The van der Waals surface area contributed by atoms with E-state index in [4.69, 9.17) is 9.47 Å². The van der Waals surface area contributed by atoms with Gasteiger partial charge in [-0.05, 0) is 23.3 Å². The van der Waals surface area contributed by atoms with Crippen LogP contribution in [0.15, 0.2) is 59.5 Å². The number of benzene rings is 2. The normalized spacial score (nSPS) is 14.7. The molecule has 0 saturated heterocycles. The lowest BCUT2D eigenvalue weighted by atomic mass is 9.97. The van der Waals surface area contributed by atoms with Crippen LogP contribution in [0.2, 0.25) is 0 Å². The monoisotopic (exact) mass is 358 g/mol. The molecule has 2 aromatic carbocycles. The first-order valence-corrected chi connectivity index (χ1v) is 9.46. The largest absolute Gasteiger partial charge is 0.457 e. The lowest BCUT2D eigenvalue weighted by Gasteiger charge is -2.08. The van der Waals surface area contributed by atoms with Gasteiger partial charge in [0.25, 0.3) is 0 Å². The van der Waals surface area contributed by atoms with Crippen LogP contribution >= 0.6 is 0 Å². The first-order valence-electron chi connectivity index (χ1n) is 7.81. The summed E-state index contributed by atoms with van der Waals surface area (Å²) in [5, 5.41) is 0. The minimum absolute atomic E-state index is 0.0903. The van der Waals surface area contributed by atoms with E-state index in [1.807, 2.05) is 30.3 Å². The summed E-state index contributed by atoms with van der Waals surface area (Å²) in [4.78, 5) is 12.4. The van der Waals surface area contributed by atoms with E-state index in [-0.39, 0.29) is 23.9 Å². The Hall–Kier alpha value is -2.44. The summed E-state index contributed by atoms with van der Waals surface area (Å²) >= 11 is 0. The van der Waals surface area contributed by atoms with Crippen LogP contribution in [0.3, 0.4) is 0 Å². The number of hydrogen-bond acceptors (Lipinski definition) is 5. The second kappa shape index (κ2) is 7.21. The van der Waals surface area contributed by atoms with Crippen molar-refractivity contribution in [2.45, 2.75) is 4.90 Å². The molecule has 5 nitrogen and oxygen atoms in total. The van der Waals surface area contributed by atoms with Crippen molar-refractivity contribution < 1.29 is 22.7 Å². The molecule has 6 heteroatoms. The van der Waals surface area contributed by atoms with Crippen LogP contribution in [0.5, 0.6) is 0 Å². The molecule has 1 aliphatic heterocycles. The molecule has 0 spiro atoms. The van der Waals surface area contributed by atoms with Crippen LogP contribution < -0.4 is 0 Å². The number of cyclic esters (lactones) is 1. The van der Waals surface area contributed by atoms with Gasteiger partial charge in [0.1, 0.15) is 6.61 Å². The maximum Gasteiger partial charge on any atom is 0.339 e. The van der Waals surface area contributed by atoms with Gasteiger partial charge in [-0.25, -0.2) is 13.2 Å². The zero-order chi connectivity index (χ0) is 17.9. The molecule has 0 unspecified atom stereocenters. The quantitative estimate of drug-likeness (QED) is 0.743. The predicted molar refractivity (Wildman–Crippen MR) is 94.6 cm³/mol. The maximum absolute atomic E-state index is 12.4. The van der Waals surface area contributed by atoms with Crippen LogP contribution in [0.1, 0.15) is 11.1 Å². The highest BCUT2D eigenvalue weighted by atomic mass is 32.2. The number of sulfone groups is 1. The Morgan fingerprint density at radius 2 is 1.76 bits per heavy atom. The molecule has 0 saturated carbocycles. The summed E-state index contributed by atoms with van der Waals surface area (Å²) in [7, 11) is -1.98. The first-order chi connectivity index (χ1) is 12.0. The van der Waals surface area contributed by atoms with Gasteiger partial charge in [-0.2, -0.15) is 0 Å². The van der Waals surface area contributed by atoms with Gasteiger partial charge in [0.2, 0.25) is 0 Å². The Morgan fingerprint density at radius 3 is 2.48 bits per heavy atom. The first kappa shape index (κ1) is 17.4. The molecule has 2 aromatic rings. The summed E-state index contributed by atoms with van der Waals surface area (Å²) in [6, 6.07) is 15.8. The Bertz CT molecular complexity index is 914. The van der Waals surface area contributed by atoms with Gasteiger partial charge in [-0.15, -0.1) is 0 Å². The van der Waals surface area contributed by atoms with E-state index < -0.39 is 15.8 Å². The third-order valence-corrected chi connectivity index (χ3v) is 5.69. The maximum atomic E-state index is 12.4. The molecule has 0 amide bonds. The second-order valence-electron chi connectivity index (χ2n) is 5.64. The highest BCUT2D eigenvalue weighted by Gasteiger charge is 2.27. The number of hydrogen-bond donors (Lipinski definition) is 0. The molecule has 1 aliphatic rings. The molecule has 0 N–H and O–H groups in total. The zero-order valence-corrected chi connectivity index (χ0v) is 14.6. The molecule has 1 heterocycles. The SMILES string of the molecule is COCCS(=O)(=O)c1cccc(C2=C(c3ccccc3)C(=O)OC2)c1. The van der Waals surface area contributed by atoms with Crippen molar-refractivity contribution in [3.05, 3.63) is 65.7 Å². The van der Waals surface area contributed by atoms with Gasteiger partial charge in [-0.3, -0.25) is 0 Å². The fourth-order valence-corrected chi connectivity index (χ4v) is 3.93. The summed E-state index contributed by atoms with van der Waals surface area (Å²) in [6.07, 6.45) is 0. The van der Waals surface area contributed by atoms with E-state index in [9.17, 15) is 13.2 Å². The Balaban J connectivity index is 2.05. The van der Waals surface area contributed by atoms with Crippen molar-refractivity contribution in [2.75, 3.05) is 26.1 Å². The van der Waals surface area contributed by atoms with E-state index >= 15 is 0 Å². The van der Waals surface area contributed by atoms with Crippen LogP contribution in [-0.4, -0.2) is 40.5 Å². The molecule has 25 heavy (non-hydrogen) atoms. The molecule has 130 valence electrons. The predicted octanol–water partition coefficient (Wildman–Crippen LogP) is 2.57. The van der Waals surface area contributed by atoms with E-state index in [0.29, 0.717) is 16.7 Å². The van der Waals surface area contributed by atoms with E-state index in [1.165, 1.54) is 7.11 Å². The van der Waals surface area contributed by atoms with Crippen LogP contribution in [0.4, 0.5) is 0 Å². The molecule has 0 fully saturated rings. The molecule has 0 aromatic heterocycles. The number of esters is 1. The summed E-state index contributed by atoms with van der Waals surface area (Å²) in [6.45, 7) is 0.261. The van der Waals surface area contributed by atoms with Crippen LogP contribution in [-0.2, 0) is 24.1 Å². The van der Waals surface area contributed by atoms with Crippen molar-refractivity contribution in [1.29, 1.82) is 0 Å². The van der Waals surface area contributed by atoms with Gasteiger partial charge >= 0.3 is 5.97 Å². The van der Waals surface area contributed by atoms with Crippen molar-refractivity contribution in [3.8, 4) is 0 Å². The van der Waals surface area contributed by atoms with Gasteiger partial charge < -0.3 is 9.47 Å². The van der Waals surface area contributed by atoms with Crippen LogP contribution in [0, 0.1) is 0 Å². The fourth-order valence-electron chi connectivity index (χ4n) is 2.72.